The molecule has 0 saturated carbocycles. The summed E-state index contributed by atoms with van der Waals surface area (Å²) in [6.45, 7) is 3.99. The Balaban J connectivity index is 1.51. The molecule has 2 amide bonds. The smallest absolute Gasteiger partial charge is 0.258 e. The van der Waals surface area contributed by atoms with Crippen molar-refractivity contribution in [2.75, 3.05) is 10.6 Å². The molecule has 5 heteroatoms. The third-order valence-electron chi connectivity index (χ3n) is 5.18. The van der Waals surface area contributed by atoms with E-state index in [2.05, 4.69) is 34.7 Å². The molecule has 32 heavy (non-hydrogen) atoms. The van der Waals surface area contributed by atoms with E-state index in [-0.39, 0.29) is 11.8 Å². The Bertz CT molecular complexity index is 1260. The number of nitrogens with zero attached hydrogens (tertiary/aromatic N) is 1. The molecule has 0 spiro atoms. The molecule has 0 aliphatic rings. The van der Waals surface area contributed by atoms with Crippen LogP contribution < -0.4 is 10.6 Å². The zero-order valence-corrected chi connectivity index (χ0v) is 17.9. The Morgan fingerprint density at radius 1 is 0.719 bits per heavy atom. The van der Waals surface area contributed by atoms with Gasteiger partial charge < -0.3 is 10.6 Å². The average molecular weight is 422 g/mol. The largest absolute Gasteiger partial charge is 0.321 e. The SMILES string of the molecule is Cc1ccc(NC(=O)c2ccccc2NC(=O)c2ccc(-c3ccccc3C)cc2)nc1. The van der Waals surface area contributed by atoms with Crippen LogP contribution in [0, 0.1) is 13.8 Å². The highest BCUT2D eigenvalue weighted by molar-refractivity contribution is 6.12. The van der Waals surface area contributed by atoms with Crippen molar-refractivity contribution < 1.29 is 9.59 Å². The number of pyridine rings is 1. The van der Waals surface area contributed by atoms with E-state index in [1.165, 1.54) is 5.56 Å². The molecule has 3 aromatic carbocycles. The van der Waals surface area contributed by atoms with E-state index in [4.69, 9.17) is 0 Å². The molecule has 4 rings (SSSR count). The topological polar surface area (TPSA) is 71.1 Å². The van der Waals surface area contributed by atoms with Crippen LogP contribution in [0.5, 0.6) is 0 Å². The first kappa shape index (κ1) is 21.0. The van der Waals surface area contributed by atoms with Crippen molar-refractivity contribution in [1.82, 2.24) is 4.98 Å². The van der Waals surface area contributed by atoms with Gasteiger partial charge in [-0.2, -0.15) is 0 Å². The van der Waals surface area contributed by atoms with Gasteiger partial charge in [0.05, 0.1) is 11.3 Å². The minimum atomic E-state index is -0.341. The van der Waals surface area contributed by atoms with E-state index in [1.807, 2.05) is 37.3 Å². The lowest BCUT2D eigenvalue weighted by Crippen LogP contribution is -2.18. The molecule has 0 aliphatic carbocycles. The Morgan fingerprint density at radius 3 is 2.16 bits per heavy atom. The normalized spacial score (nSPS) is 10.4. The average Bonchev–Trinajstić information content (AvgIpc) is 2.81. The van der Waals surface area contributed by atoms with E-state index < -0.39 is 0 Å². The number of carbonyl (C=O) groups is 2. The van der Waals surface area contributed by atoms with Gasteiger partial charge in [-0.05, 0) is 66.4 Å². The third-order valence-corrected chi connectivity index (χ3v) is 5.18. The number of aryl methyl sites for hydroxylation is 2. The van der Waals surface area contributed by atoms with Gasteiger partial charge in [-0.1, -0.05) is 54.6 Å². The summed E-state index contributed by atoms with van der Waals surface area (Å²) < 4.78 is 0. The second-order valence-corrected chi connectivity index (χ2v) is 7.57. The number of aromatic nitrogens is 1. The molecule has 0 unspecified atom stereocenters. The number of anilines is 2. The summed E-state index contributed by atoms with van der Waals surface area (Å²) in [4.78, 5) is 29.8. The fraction of sp³-hybridized carbons (Fsp3) is 0.0741. The first-order valence-electron chi connectivity index (χ1n) is 10.3. The van der Waals surface area contributed by atoms with Crippen LogP contribution >= 0.6 is 0 Å². The van der Waals surface area contributed by atoms with Gasteiger partial charge >= 0.3 is 0 Å². The highest BCUT2D eigenvalue weighted by atomic mass is 16.2. The van der Waals surface area contributed by atoms with Crippen molar-refractivity contribution in [3.63, 3.8) is 0 Å². The summed E-state index contributed by atoms with van der Waals surface area (Å²) in [7, 11) is 0. The van der Waals surface area contributed by atoms with Crippen LogP contribution in [0.2, 0.25) is 0 Å². The van der Waals surface area contributed by atoms with Crippen LogP contribution in [-0.4, -0.2) is 16.8 Å². The molecule has 0 fully saturated rings. The zero-order valence-electron chi connectivity index (χ0n) is 17.9. The lowest BCUT2D eigenvalue weighted by molar-refractivity contribution is 0.102. The third kappa shape index (κ3) is 4.73. The molecule has 158 valence electrons. The lowest BCUT2D eigenvalue weighted by atomic mass is 9.99. The lowest BCUT2D eigenvalue weighted by Gasteiger charge is -2.12. The Labute approximate surface area is 187 Å². The Kier molecular flexibility index (Phi) is 6.08. The van der Waals surface area contributed by atoms with E-state index >= 15 is 0 Å². The molecule has 0 bridgehead atoms. The molecule has 0 atom stereocenters. The monoisotopic (exact) mass is 421 g/mol. The molecule has 2 N–H and O–H groups in total. The van der Waals surface area contributed by atoms with Crippen LogP contribution in [0.1, 0.15) is 31.8 Å². The Morgan fingerprint density at radius 2 is 1.44 bits per heavy atom. The van der Waals surface area contributed by atoms with Crippen LogP contribution in [0.3, 0.4) is 0 Å². The van der Waals surface area contributed by atoms with Gasteiger partial charge in [-0.25, -0.2) is 4.98 Å². The highest BCUT2D eigenvalue weighted by Gasteiger charge is 2.15. The van der Waals surface area contributed by atoms with Crippen LogP contribution in [0.25, 0.3) is 11.1 Å². The number of hydrogen-bond acceptors (Lipinski definition) is 3. The molecular weight excluding hydrogens is 398 g/mol. The highest BCUT2D eigenvalue weighted by Crippen LogP contribution is 2.24. The quantitative estimate of drug-likeness (QED) is 0.423. The molecule has 5 nitrogen and oxygen atoms in total. The molecule has 4 aromatic rings. The van der Waals surface area contributed by atoms with Gasteiger partial charge in [0.25, 0.3) is 11.8 Å². The summed E-state index contributed by atoms with van der Waals surface area (Å²) in [6.07, 6.45) is 1.68. The minimum absolute atomic E-state index is 0.282. The maximum atomic E-state index is 12.8. The van der Waals surface area contributed by atoms with Gasteiger partial charge in [-0.15, -0.1) is 0 Å². The maximum absolute atomic E-state index is 12.8. The molecule has 0 saturated heterocycles. The van der Waals surface area contributed by atoms with Crippen molar-refractivity contribution in [3.8, 4) is 11.1 Å². The summed E-state index contributed by atoms with van der Waals surface area (Å²) >= 11 is 0. The van der Waals surface area contributed by atoms with Gasteiger partial charge in [0, 0.05) is 11.8 Å². The van der Waals surface area contributed by atoms with Crippen molar-refractivity contribution in [2.24, 2.45) is 0 Å². The predicted molar refractivity (Wildman–Crippen MR) is 128 cm³/mol. The summed E-state index contributed by atoms with van der Waals surface area (Å²) in [5.74, 6) is -0.171. The standard InChI is InChI=1S/C27H23N3O2/c1-18-11-16-25(28-17-18)30-27(32)23-9-5-6-10-24(23)29-26(31)21-14-12-20(13-15-21)22-8-4-3-7-19(22)2/h3-17H,1-2H3,(H,29,31)(H,28,30,32). The number of carbonyl (C=O) groups excluding carboxylic acids is 2. The van der Waals surface area contributed by atoms with E-state index in [1.54, 1.807) is 48.7 Å². The number of benzene rings is 3. The molecule has 0 aliphatic heterocycles. The van der Waals surface area contributed by atoms with Gasteiger partial charge in [0.1, 0.15) is 5.82 Å². The first-order valence-corrected chi connectivity index (χ1v) is 10.3. The van der Waals surface area contributed by atoms with Crippen molar-refractivity contribution in [1.29, 1.82) is 0 Å². The maximum Gasteiger partial charge on any atom is 0.258 e. The number of para-hydroxylation sites is 1. The second-order valence-electron chi connectivity index (χ2n) is 7.57. The number of hydrogen-bond donors (Lipinski definition) is 2. The van der Waals surface area contributed by atoms with Crippen LogP contribution in [0.4, 0.5) is 11.5 Å². The minimum Gasteiger partial charge on any atom is -0.321 e. The fourth-order valence-electron chi connectivity index (χ4n) is 3.41. The van der Waals surface area contributed by atoms with E-state index in [0.29, 0.717) is 22.6 Å². The Hall–Kier alpha value is -4.25. The van der Waals surface area contributed by atoms with Crippen molar-refractivity contribution in [3.05, 3.63) is 113 Å². The summed E-state index contributed by atoms with van der Waals surface area (Å²) in [5.41, 5.74) is 5.66. The predicted octanol–water partition coefficient (Wildman–Crippen LogP) is 5.87. The number of nitrogens with one attached hydrogen (secondary N) is 2. The number of rotatable bonds is 5. The number of amides is 2. The first-order chi connectivity index (χ1) is 15.5. The van der Waals surface area contributed by atoms with Gasteiger partial charge in [-0.3, -0.25) is 9.59 Å². The van der Waals surface area contributed by atoms with Gasteiger partial charge in [0.15, 0.2) is 0 Å². The fourth-order valence-corrected chi connectivity index (χ4v) is 3.41. The van der Waals surface area contributed by atoms with Gasteiger partial charge in [0.2, 0.25) is 0 Å². The van der Waals surface area contributed by atoms with Crippen LogP contribution in [0.15, 0.2) is 91.1 Å². The molecule has 1 aromatic heterocycles. The van der Waals surface area contributed by atoms with Crippen LogP contribution in [-0.2, 0) is 0 Å². The van der Waals surface area contributed by atoms with Crippen molar-refractivity contribution >= 4 is 23.3 Å². The molecule has 0 radical (unpaired) electrons. The van der Waals surface area contributed by atoms with E-state index in [9.17, 15) is 9.59 Å². The second kappa shape index (κ2) is 9.27. The molecule has 1 heterocycles. The zero-order chi connectivity index (χ0) is 22.5. The van der Waals surface area contributed by atoms with Crippen molar-refractivity contribution in [2.45, 2.75) is 13.8 Å². The molecular formula is C27H23N3O2. The summed E-state index contributed by atoms with van der Waals surface area (Å²) in [6, 6.07) is 26.1. The summed E-state index contributed by atoms with van der Waals surface area (Å²) in [5, 5.41) is 5.62. The van der Waals surface area contributed by atoms with E-state index in [0.717, 1.165) is 16.7 Å².